The summed E-state index contributed by atoms with van der Waals surface area (Å²) in [5.74, 6) is 1.02. The molecule has 1 aromatic heterocycles. The van der Waals surface area contributed by atoms with Gasteiger partial charge in [-0.1, -0.05) is 19.8 Å². The highest BCUT2D eigenvalue weighted by Gasteiger charge is 2.05. The lowest BCUT2D eigenvalue weighted by Gasteiger charge is -2.03. The summed E-state index contributed by atoms with van der Waals surface area (Å²) in [6.07, 6.45) is 5.57. The van der Waals surface area contributed by atoms with E-state index in [0.29, 0.717) is 17.4 Å². The number of ether oxygens (including phenoxy) is 1. The van der Waals surface area contributed by atoms with Crippen LogP contribution < -0.4 is 0 Å². The van der Waals surface area contributed by atoms with Gasteiger partial charge in [0.05, 0.1) is 13.4 Å². The van der Waals surface area contributed by atoms with E-state index >= 15 is 0 Å². The number of hydrogen-bond donors (Lipinski definition) is 1. The number of unbranched alkanes of at least 4 members (excludes halogenated alkanes) is 2. The lowest BCUT2D eigenvalue weighted by molar-refractivity contribution is 0.387. The molecule has 0 aliphatic carbocycles. The van der Waals surface area contributed by atoms with Crippen molar-refractivity contribution in [2.24, 2.45) is 4.99 Å². The van der Waals surface area contributed by atoms with Gasteiger partial charge in [-0.05, 0) is 6.42 Å². The number of hydrogen-bond acceptors (Lipinski definition) is 4. The summed E-state index contributed by atoms with van der Waals surface area (Å²) in [5.41, 5.74) is 0.366. The van der Waals surface area contributed by atoms with Crippen molar-refractivity contribution in [1.82, 2.24) is 9.97 Å². The van der Waals surface area contributed by atoms with Gasteiger partial charge in [0.15, 0.2) is 17.4 Å². The van der Waals surface area contributed by atoms with Crippen molar-refractivity contribution in [2.45, 2.75) is 32.6 Å². The molecule has 0 aliphatic heterocycles. The summed E-state index contributed by atoms with van der Waals surface area (Å²) in [4.78, 5) is 10.9. The summed E-state index contributed by atoms with van der Waals surface area (Å²) in [6, 6.07) is 1.99. The van der Waals surface area contributed by atoms with E-state index in [9.17, 15) is 0 Å². The van der Waals surface area contributed by atoms with E-state index < -0.39 is 0 Å². The van der Waals surface area contributed by atoms with Crippen LogP contribution in [0.3, 0.4) is 0 Å². The summed E-state index contributed by atoms with van der Waals surface area (Å²) in [6.45, 7) is 2.14. The van der Waals surface area contributed by atoms with Gasteiger partial charge in [-0.15, -0.1) is 0 Å². The Balaban J connectivity index is 2.68. The number of rotatable bonds is 5. The first kappa shape index (κ1) is 12.2. The lowest BCUT2D eigenvalue weighted by Crippen LogP contribution is -2.00. The summed E-state index contributed by atoms with van der Waals surface area (Å²) in [5, 5.41) is 8.78. The normalized spacial score (nSPS) is 11.2. The highest BCUT2D eigenvalue weighted by Crippen LogP contribution is 2.14. The molecule has 1 rings (SSSR count). The van der Waals surface area contributed by atoms with Gasteiger partial charge in [-0.25, -0.2) is 4.98 Å². The average molecular weight is 220 g/mol. The Bertz CT molecular complexity index is 389. The smallest absolute Gasteiger partial charge is 0.191 e. The third kappa shape index (κ3) is 3.39. The molecular formula is C11H16N4O. The minimum absolute atomic E-state index is 0.366. The van der Waals surface area contributed by atoms with Gasteiger partial charge in [-0.2, -0.15) is 10.3 Å². The number of nitrogens with zero attached hydrogens (tertiary/aromatic N) is 3. The van der Waals surface area contributed by atoms with Crippen LogP contribution in [0.1, 0.15) is 38.3 Å². The summed E-state index contributed by atoms with van der Waals surface area (Å²) in [7, 11) is 1.59. The number of aromatic amines is 1. The first-order valence-electron chi connectivity index (χ1n) is 5.36. The molecule has 86 valence electrons. The Kier molecular flexibility index (Phi) is 5.06. The monoisotopic (exact) mass is 220 g/mol. The third-order valence-electron chi connectivity index (χ3n) is 2.19. The predicted octanol–water partition coefficient (Wildman–Crippen LogP) is 2.54. The van der Waals surface area contributed by atoms with Crippen LogP contribution in [0.15, 0.2) is 11.3 Å². The Morgan fingerprint density at radius 3 is 3.06 bits per heavy atom. The van der Waals surface area contributed by atoms with Crippen molar-refractivity contribution < 1.29 is 4.74 Å². The van der Waals surface area contributed by atoms with E-state index in [2.05, 4.69) is 21.9 Å². The van der Waals surface area contributed by atoms with Crippen molar-refractivity contribution in [3.8, 4) is 6.07 Å². The second kappa shape index (κ2) is 6.62. The van der Waals surface area contributed by atoms with Crippen molar-refractivity contribution in [2.75, 3.05) is 7.11 Å². The topological polar surface area (TPSA) is 74.1 Å². The molecular weight excluding hydrogens is 204 g/mol. The van der Waals surface area contributed by atoms with Crippen LogP contribution in [-0.4, -0.2) is 23.0 Å². The molecule has 0 bridgehead atoms. The maximum absolute atomic E-state index is 8.78. The van der Waals surface area contributed by atoms with Gasteiger partial charge in [-0.3, -0.25) is 0 Å². The molecule has 0 saturated carbocycles. The number of imidazole rings is 1. The highest BCUT2D eigenvalue weighted by molar-refractivity contribution is 5.79. The number of aromatic nitrogens is 2. The summed E-state index contributed by atoms with van der Waals surface area (Å²) < 4.78 is 5.16. The molecule has 0 fully saturated rings. The fraction of sp³-hybridized carbons (Fsp3) is 0.545. The second-order valence-corrected chi connectivity index (χ2v) is 3.38. The van der Waals surface area contributed by atoms with E-state index in [1.807, 2.05) is 6.07 Å². The van der Waals surface area contributed by atoms with Crippen molar-refractivity contribution in [3.63, 3.8) is 0 Å². The molecule has 16 heavy (non-hydrogen) atoms. The van der Waals surface area contributed by atoms with Crippen LogP contribution in [-0.2, 0) is 4.74 Å². The van der Waals surface area contributed by atoms with Crippen LogP contribution in [0.2, 0.25) is 0 Å². The van der Waals surface area contributed by atoms with E-state index in [4.69, 9.17) is 10.00 Å². The molecule has 1 heterocycles. The molecule has 5 heteroatoms. The van der Waals surface area contributed by atoms with Gasteiger partial charge in [0.2, 0.25) is 0 Å². The quantitative estimate of drug-likeness (QED) is 0.470. The van der Waals surface area contributed by atoms with E-state index in [0.717, 1.165) is 25.7 Å². The van der Waals surface area contributed by atoms with Gasteiger partial charge in [0.1, 0.15) is 6.07 Å². The van der Waals surface area contributed by atoms with Crippen molar-refractivity contribution >= 4 is 11.7 Å². The van der Waals surface area contributed by atoms with Crippen LogP contribution >= 0.6 is 0 Å². The third-order valence-corrected chi connectivity index (χ3v) is 2.19. The van der Waals surface area contributed by atoms with E-state index in [-0.39, 0.29) is 0 Å². The fourth-order valence-electron chi connectivity index (χ4n) is 1.30. The van der Waals surface area contributed by atoms with Crippen LogP contribution in [0, 0.1) is 11.3 Å². The SMILES string of the molecule is CCCCCC(=Nc1nc[nH]c1C#N)OC. The van der Waals surface area contributed by atoms with E-state index in [1.165, 1.54) is 6.33 Å². The molecule has 1 N–H and O–H groups in total. The Hall–Kier alpha value is -1.83. The first-order chi connectivity index (χ1) is 7.81. The van der Waals surface area contributed by atoms with Crippen LogP contribution in [0.4, 0.5) is 5.82 Å². The van der Waals surface area contributed by atoms with Gasteiger partial charge >= 0.3 is 0 Å². The fourth-order valence-corrected chi connectivity index (χ4v) is 1.30. The number of nitrogens with one attached hydrogen (secondary N) is 1. The van der Waals surface area contributed by atoms with Crippen LogP contribution in [0.25, 0.3) is 0 Å². The second-order valence-electron chi connectivity index (χ2n) is 3.38. The molecule has 0 spiro atoms. The highest BCUT2D eigenvalue weighted by atomic mass is 16.5. The zero-order valence-electron chi connectivity index (χ0n) is 9.66. The Labute approximate surface area is 95.2 Å². The van der Waals surface area contributed by atoms with Gasteiger partial charge < -0.3 is 9.72 Å². The van der Waals surface area contributed by atoms with E-state index in [1.54, 1.807) is 7.11 Å². The number of nitriles is 1. The van der Waals surface area contributed by atoms with Crippen molar-refractivity contribution in [3.05, 3.63) is 12.0 Å². The number of H-pyrrole nitrogens is 1. The zero-order valence-corrected chi connectivity index (χ0v) is 9.66. The van der Waals surface area contributed by atoms with Crippen LogP contribution in [0.5, 0.6) is 0 Å². The maximum Gasteiger partial charge on any atom is 0.191 e. The maximum atomic E-state index is 8.78. The largest absolute Gasteiger partial charge is 0.484 e. The molecule has 0 saturated heterocycles. The lowest BCUT2D eigenvalue weighted by atomic mass is 10.2. The molecule has 0 aromatic carbocycles. The van der Waals surface area contributed by atoms with Gasteiger partial charge in [0, 0.05) is 6.42 Å². The Morgan fingerprint density at radius 1 is 1.62 bits per heavy atom. The predicted molar refractivity (Wildman–Crippen MR) is 61.5 cm³/mol. The molecule has 1 aromatic rings. The molecule has 0 aliphatic rings. The summed E-state index contributed by atoms with van der Waals surface area (Å²) >= 11 is 0. The molecule has 0 atom stereocenters. The number of methoxy groups -OCH3 is 1. The minimum Gasteiger partial charge on any atom is -0.484 e. The molecule has 0 radical (unpaired) electrons. The molecule has 5 nitrogen and oxygen atoms in total. The van der Waals surface area contributed by atoms with Crippen molar-refractivity contribution in [1.29, 1.82) is 5.26 Å². The standard InChI is InChI=1S/C11H16N4O/c1-3-4-5-6-10(16-2)15-11-9(7-12)13-8-14-11/h8H,3-6H2,1-2H3,(H,13,14). The average Bonchev–Trinajstić information content (AvgIpc) is 2.75. The first-order valence-corrected chi connectivity index (χ1v) is 5.36. The molecule has 0 amide bonds. The Morgan fingerprint density at radius 2 is 2.44 bits per heavy atom. The zero-order chi connectivity index (χ0) is 11.8. The van der Waals surface area contributed by atoms with Gasteiger partial charge in [0.25, 0.3) is 0 Å². The minimum atomic E-state index is 0.366. The molecule has 0 unspecified atom stereocenters. The number of aliphatic imine (C=N–C) groups is 1.